The summed E-state index contributed by atoms with van der Waals surface area (Å²) in [7, 11) is 1.96. The van der Waals surface area contributed by atoms with Gasteiger partial charge in [-0.3, -0.25) is 0 Å². The van der Waals surface area contributed by atoms with E-state index in [0.29, 0.717) is 0 Å². The molecule has 0 saturated carbocycles. The van der Waals surface area contributed by atoms with Crippen LogP contribution in [0.1, 0.15) is 5.56 Å². The van der Waals surface area contributed by atoms with Crippen LogP contribution in [0.5, 0.6) is 0 Å². The fraction of sp³-hybridized carbons (Fsp3) is 0.250. The van der Waals surface area contributed by atoms with Crippen molar-refractivity contribution in [1.82, 2.24) is 0 Å². The fourth-order valence-electron chi connectivity index (χ4n) is 1.26. The van der Waals surface area contributed by atoms with E-state index in [1.54, 1.807) is 11.9 Å². The molecule has 0 fully saturated rings. The monoisotopic (exact) mass is 166 g/mol. The number of fused-ring (bicyclic) bond motifs is 1. The number of hydrogen-bond donors (Lipinski definition) is 2. The van der Waals surface area contributed by atoms with Crippen LogP contribution in [0.15, 0.2) is 18.2 Å². The standard InChI is InChI=1S/C8H10N2S/c1-9-7-3-2-4-8-6(7)5-11-10-8/h2-4,9-10H,5H2,1H3. The summed E-state index contributed by atoms with van der Waals surface area (Å²) in [5.74, 6) is 1.06. The van der Waals surface area contributed by atoms with E-state index in [9.17, 15) is 0 Å². The van der Waals surface area contributed by atoms with Crippen molar-refractivity contribution in [3.05, 3.63) is 23.8 Å². The Bertz CT molecular complexity index is 273. The van der Waals surface area contributed by atoms with Crippen LogP contribution >= 0.6 is 11.9 Å². The van der Waals surface area contributed by atoms with Crippen LogP contribution in [0, 0.1) is 0 Å². The molecule has 0 radical (unpaired) electrons. The maximum absolute atomic E-state index is 3.25. The van der Waals surface area contributed by atoms with E-state index in [4.69, 9.17) is 0 Å². The van der Waals surface area contributed by atoms with Gasteiger partial charge in [-0.05, 0) is 24.1 Å². The number of anilines is 2. The summed E-state index contributed by atoms with van der Waals surface area (Å²) in [6.45, 7) is 0. The van der Waals surface area contributed by atoms with Gasteiger partial charge in [0.15, 0.2) is 0 Å². The van der Waals surface area contributed by atoms with Gasteiger partial charge in [-0.25, -0.2) is 0 Å². The molecule has 11 heavy (non-hydrogen) atoms. The van der Waals surface area contributed by atoms with Gasteiger partial charge in [0.05, 0.1) is 5.69 Å². The SMILES string of the molecule is CNc1cccc2c1CSN2. The predicted octanol–water partition coefficient (Wildman–Crippen LogP) is 2.30. The molecule has 0 aliphatic carbocycles. The molecule has 1 aromatic rings. The number of rotatable bonds is 1. The molecule has 0 unspecified atom stereocenters. The Hall–Kier alpha value is -0.830. The highest BCUT2D eigenvalue weighted by molar-refractivity contribution is 8.00. The van der Waals surface area contributed by atoms with Crippen molar-refractivity contribution < 1.29 is 0 Å². The summed E-state index contributed by atoms with van der Waals surface area (Å²) >= 11 is 1.74. The summed E-state index contributed by atoms with van der Waals surface area (Å²) in [5.41, 5.74) is 3.88. The van der Waals surface area contributed by atoms with Gasteiger partial charge in [-0.15, -0.1) is 0 Å². The number of benzene rings is 1. The first kappa shape index (κ1) is 6.85. The van der Waals surface area contributed by atoms with Crippen molar-refractivity contribution in [2.24, 2.45) is 0 Å². The highest BCUT2D eigenvalue weighted by atomic mass is 32.2. The summed E-state index contributed by atoms with van der Waals surface area (Å²) in [6.07, 6.45) is 0. The van der Waals surface area contributed by atoms with Crippen LogP contribution in [0.3, 0.4) is 0 Å². The average Bonchev–Trinajstić information content (AvgIpc) is 2.50. The molecule has 0 saturated heterocycles. The van der Waals surface area contributed by atoms with Gasteiger partial charge in [0.1, 0.15) is 0 Å². The largest absolute Gasteiger partial charge is 0.388 e. The fourth-order valence-corrected chi connectivity index (χ4v) is 2.13. The molecule has 1 heterocycles. The molecule has 2 nitrogen and oxygen atoms in total. The molecule has 1 aliphatic rings. The minimum Gasteiger partial charge on any atom is -0.388 e. The zero-order valence-corrected chi connectivity index (χ0v) is 7.16. The van der Waals surface area contributed by atoms with Crippen molar-refractivity contribution in [2.45, 2.75) is 5.75 Å². The summed E-state index contributed by atoms with van der Waals surface area (Å²) < 4.78 is 3.25. The number of hydrogen-bond acceptors (Lipinski definition) is 3. The molecule has 2 N–H and O–H groups in total. The lowest BCUT2D eigenvalue weighted by Crippen LogP contribution is -1.92. The van der Waals surface area contributed by atoms with Crippen LogP contribution in [-0.4, -0.2) is 7.05 Å². The molecule has 0 atom stereocenters. The van der Waals surface area contributed by atoms with Crippen molar-refractivity contribution in [2.75, 3.05) is 17.1 Å². The molecule has 2 rings (SSSR count). The second kappa shape index (κ2) is 2.66. The van der Waals surface area contributed by atoms with Gasteiger partial charge in [-0.2, -0.15) is 0 Å². The van der Waals surface area contributed by atoms with Crippen molar-refractivity contribution in [3.8, 4) is 0 Å². The smallest absolute Gasteiger partial charge is 0.0502 e. The lowest BCUT2D eigenvalue weighted by atomic mass is 10.1. The van der Waals surface area contributed by atoms with Crippen LogP contribution in [0.25, 0.3) is 0 Å². The molecule has 0 amide bonds. The van der Waals surface area contributed by atoms with Gasteiger partial charge in [0.25, 0.3) is 0 Å². The van der Waals surface area contributed by atoms with Crippen molar-refractivity contribution >= 4 is 23.3 Å². The Labute approximate surface area is 70.5 Å². The lowest BCUT2D eigenvalue weighted by Gasteiger charge is -2.04. The summed E-state index contributed by atoms with van der Waals surface area (Å²) in [4.78, 5) is 0. The second-order valence-electron chi connectivity index (χ2n) is 2.47. The molecule has 1 aliphatic heterocycles. The van der Waals surface area contributed by atoms with E-state index >= 15 is 0 Å². The second-order valence-corrected chi connectivity index (χ2v) is 3.25. The molecular formula is C8H10N2S. The maximum Gasteiger partial charge on any atom is 0.0502 e. The molecule has 0 bridgehead atoms. The van der Waals surface area contributed by atoms with Crippen molar-refractivity contribution in [3.63, 3.8) is 0 Å². The Morgan fingerprint density at radius 1 is 1.55 bits per heavy atom. The van der Waals surface area contributed by atoms with Crippen molar-refractivity contribution in [1.29, 1.82) is 0 Å². The van der Waals surface area contributed by atoms with Crippen LogP contribution in [0.4, 0.5) is 11.4 Å². The molecule has 58 valence electrons. The third-order valence-electron chi connectivity index (χ3n) is 1.84. The molecule has 3 heteroatoms. The Morgan fingerprint density at radius 2 is 2.45 bits per heavy atom. The van der Waals surface area contributed by atoms with Gasteiger partial charge in [-0.1, -0.05) is 6.07 Å². The quantitative estimate of drug-likeness (QED) is 0.626. The number of nitrogens with one attached hydrogen (secondary N) is 2. The van der Waals surface area contributed by atoms with Gasteiger partial charge in [0, 0.05) is 24.1 Å². The third-order valence-corrected chi connectivity index (χ3v) is 2.64. The summed E-state index contributed by atoms with van der Waals surface area (Å²) in [5, 5.41) is 3.17. The van der Waals surface area contributed by atoms with Crippen LogP contribution < -0.4 is 10.0 Å². The van der Waals surface area contributed by atoms with Gasteiger partial charge in [0.2, 0.25) is 0 Å². The Morgan fingerprint density at radius 3 is 3.27 bits per heavy atom. The first-order valence-corrected chi connectivity index (χ1v) is 4.58. The average molecular weight is 166 g/mol. The van der Waals surface area contributed by atoms with E-state index in [0.717, 1.165) is 5.75 Å². The molecule has 0 aromatic heterocycles. The van der Waals surface area contributed by atoms with Gasteiger partial charge >= 0.3 is 0 Å². The minimum absolute atomic E-state index is 1.06. The predicted molar refractivity (Wildman–Crippen MR) is 50.9 cm³/mol. The van der Waals surface area contributed by atoms with E-state index in [-0.39, 0.29) is 0 Å². The van der Waals surface area contributed by atoms with E-state index in [1.165, 1.54) is 16.9 Å². The first-order valence-electron chi connectivity index (χ1n) is 3.59. The van der Waals surface area contributed by atoms with Crippen LogP contribution in [0.2, 0.25) is 0 Å². The Kier molecular flexibility index (Phi) is 1.66. The van der Waals surface area contributed by atoms with Gasteiger partial charge < -0.3 is 10.0 Å². The maximum atomic E-state index is 3.25. The minimum atomic E-state index is 1.06. The topological polar surface area (TPSA) is 24.1 Å². The summed E-state index contributed by atoms with van der Waals surface area (Å²) in [6, 6.07) is 6.27. The normalized spacial score (nSPS) is 13.9. The molecule has 0 spiro atoms. The van der Waals surface area contributed by atoms with E-state index < -0.39 is 0 Å². The highest BCUT2D eigenvalue weighted by Crippen LogP contribution is 2.35. The molecule has 1 aromatic carbocycles. The first-order chi connectivity index (χ1) is 5.42. The lowest BCUT2D eigenvalue weighted by molar-refractivity contribution is 1.40. The third kappa shape index (κ3) is 1.05. The van der Waals surface area contributed by atoms with E-state index in [2.05, 4.69) is 28.2 Å². The van der Waals surface area contributed by atoms with Crippen LogP contribution in [-0.2, 0) is 5.75 Å². The highest BCUT2D eigenvalue weighted by Gasteiger charge is 2.12. The zero-order valence-electron chi connectivity index (χ0n) is 6.35. The Balaban J connectivity index is 2.50. The zero-order chi connectivity index (χ0) is 7.68. The molecular weight excluding hydrogens is 156 g/mol. The van der Waals surface area contributed by atoms with E-state index in [1.807, 2.05) is 7.05 Å².